The van der Waals surface area contributed by atoms with E-state index in [1.165, 1.54) is 26.2 Å². The van der Waals surface area contributed by atoms with Gasteiger partial charge in [-0.2, -0.15) is 10.2 Å². The molecule has 274 valence electrons. The zero-order valence-electron chi connectivity index (χ0n) is 28.7. The van der Waals surface area contributed by atoms with Crippen molar-refractivity contribution in [2.24, 2.45) is 0 Å². The molecule has 0 saturated carbocycles. The summed E-state index contributed by atoms with van der Waals surface area (Å²) < 4.78 is 21.8. The van der Waals surface area contributed by atoms with Gasteiger partial charge in [-0.3, -0.25) is 19.4 Å². The number of carbonyl (C=O) groups is 3. The van der Waals surface area contributed by atoms with Crippen LogP contribution in [0.5, 0.6) is 11.5 Å². The summed E-state index contributed by atoms with van der Waals surface area (Å²) in [6.07, 6.45) is 3.83. The molecular weight excluding hydrogens is 827 g/mol. The van der Waals surface area contributed by atoms with Crippen molar-refractivity contribution in [2.75, 3.05) is 23.0 Å². The molecule has 0 atom stereocenters. The van der Waals surface area contributed by atoms with Gasteiger partial charge in [-0.1, -0.05) is 44.5 Å². The van der Waals surface area contributed by atoms with Crippen LogP contribution in [0.15, 0.2) is 124 Å². The van der Waals surface area contributed by atoms with Crippen LogP contribution in [-0.2, 0) is 16.0 Å². The van der Waals surface area contributed by atoms with E-state index in [0.29, 0.717) is 28.6 Å². The number of benzene rings is 3. The van der Waals surface area contributed by atoms with E-state index in [-0.39, 0.29) is 47.0 Å². The third-order valence-electron chi connectivity index (χ3n) is 6.98. The van der Waals surface area contributed by atoms with Gasteiger partial charge in [0.05, 0.1) is 6.20 Å². The van der Waals surface area contributed by atoms with Gasteiger partial charge < -0.3 is 31.1 Å². The van der Waals surface area contributed by atoms with E-state index in [0.717, 1.165) is 26.8 Å². The monoisotopic (exact) mass is 856 g/mol. The number of carbonyl (C=O) groups excluding carboxylic acids is 3. The van der Waals surface area contributed by atoms with Gasteiger partial charge in [0.25, 0.3) is 5.91 Å². The second-order valence-electron chi connectivity index (χ2n) is 10.9. The van der Waals surface area contributed by atoms with Gasteiger partial charge in [0.1, 0.15) is 34.6 Å². The Hall–Kier alpha value is -6.44. The number of aromatic nitrogens is 3. The fourth-order valence-electron chi connectivity index (χ4n) is 4.41. The Labute approximate surface area is 326 Å². The van der Waals surface area contributed by atoms with Gasteiger partial charge in [0.15, 0.2) is 17.4 Å². The number of pyridine rings is 1. The summed E-state index contributed by atoms with van der Waals surface area (Å²) >= 11 is 6.66. The molecule has 0 fully saturated rings. The Morgan fingerprint density at radius 2 is 1.70 bits per heavy atom. The molecule has 0 spiro atoms. The standard InChI is InChI=1S/C26H22FN7O3.C12H9Br2NO2/c1-3-23(35)31-17-5-4-6-18(13-17)32-24-21(27)15-30-26(34-24)33-16-7-9-19(10-8-16)37-20-11-12-29-22(14-20)25(36)28-2;1-7(16)10(6-15)12(17)5-8-4-9(13)2-3-11(8)14/h3-15H,1H2,2H3,(H,28,36)(H,31,35)(H2,30,32,33,34);2-4,17H,5H2,1H3. The van der Waals surface area contributed by atoms with Crippen molar-refractivity contribution in [3.05, 3.63) is 141 Å². The van der Waals surface area contributed by atoms with Crippen LogP contribution in [0.3, 0.4) is 0 Å². The summed E-state index contributed by atoms with van der Waals surface area (Å²) in [5.74, 6) is -0.857. The zero-order chi connectivity index (χ0) is 39.2. The lowest BCUT2D eigenvalue weighted by Gasteiger charge is -2.11. The van der Waals surface area contributed by atoms with Gasteiger partial charge in [-0.25, -0.2) is 9.37 Å². The summed E-state index contributed by atoms with van der Waals surface area (Å²) in [7, 11) is 1.52. The molecule has 5 rings (SSSR count). The smallest absolute Gasteiger partial charge is 0.269 e. The van der Waals surface area contributed by atoms with Gasteiger partial charge in [-0.15, -0.1) is 0 Å². The Morgan fingerprint density at radius 3 is 2.39 bits per heavy atom. The predicted octanol–water partition coefficient (Wildman–Crippen LogP) is 8.45. The van der Waals surface area contributed by atoms with Crippen LogP contribution < -0.4 is 26.0 Å². The highest BCUT2D eigenvalue weighted by molar-refractivity contribution is 9.11. The Balaban J connectivity index is 0.000000321. The number of hydrogen-bond donors (Lipinski definition) is 5. The van der Waals surface area contributed by atoms with E-state index >= 15 is 0 Å². The summed E-state index contributed by atoms with van der Waals surface area (Å²) in [5, 5.41) is 29.6. The van der Waals surface area contributed by atoms with Gasteiger partial charge in [0, 0.05) is 51.7 Å². The molecule has 2 amide bonds. The molecule has 0 radical (unpaired) electrons. The number of aliphatic hydroxyl groups excluding tert-OH is 1. The molecule has 5 N–H and O–H groups in total. The molecule has 0 aliphatic carbocycles. The number of nitriles is 1. The van der Waals surface area contributed by atoms with Crippen molar-refractivity contribution in [2.45, 2.75) is 13.3 Å². The van der Waals surface area contributed by atoms with Crippen molar-refractivity contribution >= 4 is 78.3 Å². The molecule has 0 unspecified atom stereocenters. The molecule has 0 saturated heterocycles. The largest absolute Gasteiger partial charge is 0.510 e. The first-order chi connectivity index (χ1) is 25.9. The first-order valence-electron chi connectivity index (χ1n) is 15.7. The lowest BCUT2D eigenvalue weighted by Crippen LogP contribution is -2.18. The van der Waals surface area contributed by atoms with Crippen LogP contribution in [0.25, 0.3) is 0 Å². The van der Waals surface area contributed by atoms with E-state index in [4.69, 9.17) is 10.00 Å². The number of amides is 2. The summed E-state index contributed by atoms with van der Waals surface area (Å²) in [6.45, 7) is 4.67. The van der Waals surface area contributed by atoms with Gasteiger partial charge in [-0.05, 0) is 85.3 Å². The van der Waals surface area contributed by atoms with E-state index < -0.39 is 11.6 Å². The second kappa shape index (κ2) is 19.4. The minimum absolute atomic E-state index is 0.0470. The Kier molecular flexibility index (Phi) is 14.5. The van der Waals surface area contributed by atoms with Crippen LogP contribution in [0.4, 0.5) is 33.2 Å². The SMILES string of the molecule is C=CC(=O)Nc1cccc(Nc2nc(Nc3ccc(Oc4ccnc(C(=O)NC)c4)cc3)ncc2F)c1.CC(=O)C(C#N)=C(O)Cc1cc(Br)ccc1Br. The van der Waals surface area contributed by atoms with E-state index in [2.05, 4.69) is 74.7 Å². The highest BCUT2D eigenvalue weighted by atomic mass is 79.9. The highest BCUT2D eigenvalue weighted by Gasteiger charge is 2.13. The number of hydrogen-bond acceptors (Lipinski definition) is 11. The van der Waals surface area contributed by atoms with Crippen LogP contribution >= 0.6 is 31.9 Å². The fourth-order valence-corrected chi connectivity index (χ4v) is 5.21. The molecule has 16 heteroatoms. The maximum absolute atomic E-state index is 14.4. The first-order valence-corrected chi connectivity index (χ1v) is 17.3. The molecule has 0 aliphatic rings. The molecule has 0 bridgehead atoms. The average molecular weight is 859 g/mol. The van der Waals surface area contributed by atoms with E-state index in [1.807, 2.05) is 18.2 Å². The molecule has 0 aliphatic heterocycles. The summed E-state index contributed by atoms with van der Waals surface area (Å²) in [4.78, 5) is 46.6. The number of allylic oxidation sites excluding steroid dienone is 2. The number of nitrogens with one attached hydrogen (secondary N) is 4. The normalized spacial score (nSPS) is 10.7. The van der Waals surface area contributed by atoms with Crippen LogP contribution in [0.1, 0.15) is 23.0 Å². The minimum atomic E-state index is -0.650. The number of halogens is 3. The van der Waals surface area contributed by atoms with Crippen LogP contribution in [-0.4, -0.2) is 44.7 Å². The summed E-state index contributed by atoms with van der Waals surface area (Å²) in [5.41, 5.74) is 2.51. The number of aliphatic hydroxyl groups is 1. The van der Waals surface area contributed by atoms with Crippen LogP contribution in [0, 0.1) is 17.1 Å². The maximum Gasteiger partial charge on any atom is 0.269 e. The molecule has 3 aromatic carbocycles. The first kappa shape index (κ1) is 40.3. The number of rotatable bonds is 12. The van der Waals surface area contributed by atoms with Gasteiger partial charge >= 0.3 is 0 Å². The summed E-state index contributed by atoms with van der Waals surface area (Å²) in [6, 6.07) is 24.0. The molecular formula is C38H31Br2FN8O5. The van der Waals surface area contributed by atoms with E-state index in [9.17, 15) is 23.9 Å². The number of Topliss-reactive ketones (excluding diaryl/α,β-unsaturated/α-hetero) is 1. The molecule has 2 heterocycles. The predicted molar refractivity (Wildman–Crippen MR) is 209 cm³/mol. The molecule has 54 heavy (non-hydrogen) atoms. The third-order valence-corrected chi connectivity index (χ3v) is 8.24. The lowest BCUT2D eigenvalue weighted by atomic mass is 10.1. The van der Waals surface area contributed by atoms with Gasteiger partial charge in [0.2, 0.25) is 11.9 Å². The molecule has 13 nitrogen and oxygen atoms in total. The molecule has 2 aromatic heterocycles. The Morgan fingerprint density at radius 1 is 0.963 bits per heavy atom. The highest BCUT2D eigenvalue weighted by Crippen LogP contribution is 2.27. The molecule has 5 aromatic rings. The maximum atomic E-state index is 14.4. The van der Waals surface area contributed by atoms with Crippen molar-refractivity contribution < 1.29 is 28.6 Å². The number of ketones is 1. The lowest BCUT2D eigenvalue weighted by molar-refractivity contribution is -0.113. The number of nitrogens with zero attached hydrogens (tertiary/aromatic N) is 4. The number of anilines is 5. The average Bonchev–Trinajstić information content (AvgIpc) is 3.15. The third kappa shape index (κ3) is 11.8. The topological polar surface area (TPSA) is 191 Å². The van der Waals surface area contributed by atoms with Crippen molar-refractivity contribution in [3.63, 3.8) is 0 Å². The zero-order valence-corrected chi connectivity index (χ0v) is 31.8. The second-order valence-corrected chi connectivity index (χ2v) is 12.7. The van der Waals surface area contributed by atoms with Crippen molar-refractivity contribution in [1.82, 2.24) is 20.3 Å². The van der Waals surface area contributed by atoms with Crippen molar-refractivity contribution in [3.8, 4) is 17.6 Å². The van der Waals surface area contributed by atoms with Crippen LogP contribution in [0.2, 0.25) is 0 Å². The van der Waals surface area contributed by atoms with Crippen molar-refractivity contribution in [1.29, 1.82) is 5.26 Å². The van der Waals surface area contributed by atoms with E-state index in [1.54, 1.807) is 60.7 Å². The Bertz CT molecular complexity index is 2260. The number of ether oxygens (including phenoxy) is 1. The fraction of sp³-hybridized carbons (Fsp3) is 0.0789. The minimum Gasteiger partial charge on any atom is -0.510 e. The quantitative estimate of drug-likeness (QED) is 0.0460.